The number of carbonyl (C=O) groups is 1. The van der Waals surface area contributed by atoms with E-state index in [1.807, 2.05) is 60.1 Å². The van der Waals surface area contributed by atoms with Gasteiger partial charge in [-0.1, -0.05) is 47.7 Å². The number of methoxy groups -OCH3 is 1. The lowest BCUT2D eigenvalue weighted by Crippen LogP contribution is -2.12. The Morgan fingerprint density at radius 3 is 2.70 bits per heavy atom. The highest BCUT2D eigenvalue weighted by Gasteiger charge is 2.08. The lowest BCUT2D eigenvalue weighted by molar-refractivity contribution is -0.113. The summed E-state index contributed by atoms with van der Waals surface area (Å²) in [6.45, 7) is 0. The summed E-state index contributed by atoms with van der Waals surface area (Å²) in [6, 6.07) is 15.5. The molecule has 0 aliphatic rings. The number of nitrogens with zero attached hydrogens (tertiary/aromatic N) is 2. The third-order valence-electron chi connectivity index (χ3n) is 3.43. The Morgan fingerprint density at radius 2 is 1.96 bits per heavy atom. The summed E-state index contributed by atoms with van der Waals surface area (Å²) >= 11 is 1.47. The van der Waals surface area contributed by atoms with E-state index >= 15 is 0 Å². The van der Waals surface area contributed by atoms with Crippen LogP contribution in [0, 0.1) is 0 Å². The van der Waals surface area contributed by atoms with Gasteiger partial charge in [0.05, 0.1) is 11.8 Å². The van der Waals surface area contributed by atoms with Crippen LogP contribution in [-0.2, 0) is 11.8 Å². The number of aromatic nitrogens is 1. The Morgan fingerprint density at radius 1 is 1.17 bits per heavy atom. The fourth-order valence-electron chi connectivity index (χ4n) is 2.30. The lowest BCUT2D eigenvalue weighted by atomic mass is 10.2. The molecule has 0 bridgehead atoms. The molecule has 0 atom stereocenters. The van der Waals surface area contributed by atoms with Crippen LogP contribution in [0.15, 0.2) is 59.6 Å². The Kier molecular flexibility index (Phi) is 4.39. The number of benzene rings is 2. The molecule has 1 amide bonds. The second-order valence-corrected chi connectivity index (χ2v) is 5.95. The first-order valence-electron chi connectivity index (χ1n) is 7.13. The van der Waals surface area contributed by atoms with E-state index in [9.17, 15) is 4.79 Å². The molecule has 0 saturated heterocycles. The molecular formula is C18H16N2O2S. The van der Waals surface area contributed by atoms with E-state index in [1.54, 1.807) is 13.2 Å². The van der Waals surface area contributed by atoms with Gasteiger partial charge in [-0.3, -0.25) is 4.79 Å². The van der Waals surface area contributed by atoms with Crippen LogP contribution in [0.2, 0.25) is 0 Å². The van der Waals surface area contributed by atoms with Gasteiger partial charge in [0.1, 0.15) is 11.3 Å². The molecule has 0 N–H and O–H groups in total. The van der Waals surface area contributed by atoms with E-state index in [0.29, 0.717) is 4.80 Å². The molecule has 1 aromatic heterocycles. The number of carbonyl (C=O) groups excluding carboxylic acids is 1. The van der Waals surface area contributed by atoms with Gasteiger partial charge in [-0.15, -0.1) is 0 Å². The molecule has 0 fully saturated rings. The molecule has 0 saturated carbocycles. The third kappa shape index (κ3) is 3.24. The summed E-state index contributed by atoms with van der Waals surface area (Å²) in [7, 11) is 3.52. The quantitative estimate of drug-likeness (QED) is 0.693. The van der Waals surface area contributed by atoms with Gasteiger partial charge in [-0.2, -0.15) is 4.99 Å². The van der Waals surface area contributed by atoms with E-state index in [4.69, 9.17) is 4.74 Å². The molecule has 23 heavy (non-hydrogen) atoms. The van der Waals surface area contributed by atoms with Crippen molar-refractivity contribution in [3.8, 4) is 5.75 Å². The second kappa shape index (κ2) is 6.62. The van der Waals surface area contributed by atoms with Crippen LogP contribution in [0.1, 0.15) is 5.56 Å². The Hall–Kier alpha value is -2.66. The molecule has 3 aromatic rings. The van der Waals surface area contributed by atoms with Gasteiger partial charge in [0.2, 0.25) is 0 Å². The molecule has 0 unspecified atom stereocenters. The molecule has 0 aliphatic carbocycles. The van der Waals surface area contributed by atoms with Gasteiger partial charge in [0, 0.05) is 13.1 Å². The van der Waals surface area contributed by atoms with Gasteiger partial charge in [-0.05, 0) is 23.8 Å². The SMILES string of the molecule is COc1cccc2sc(=NC(=O)/C=C/c3ccccc3)n(C)c12. The first kappa shape index (κ1) is 15.2. The minimum absolute atomic E-state index is 0.282. The van der Waals surface area contributed by atoms with Crippen molar-refractivity contribution in [3.05, 3.63) is 65.0 Å². The van der Waals surface area contributed by atoms with Crippen molar-refractivity contribution < 1.29 is 9.53 Å². The summed E-state index contributed by atoms with van der Waals surface area (Å²) in [4.78, 5) is 16.9. The van der Waals surface area contributed by atoms with Crippen molar-refractivity contribution in [2.45, 2.75) is 0 Å². The number of fused-ring (bicyclic) bond motifs is 1. The molecule has 3 rings (SSSR count). The predicted molar refractivity (Wildman–Crippen MR) is 93.4 cm³/mol. The van der Waals surface area contributed by atoms with Crippen molar-refractivity contribution >= 4 is 33.5 Å². The first-order valence-corrected chi connectivity index (χ1v) is 7.95. The highest BCUT2D eigenvalue weighted by molar-refractivity contribution is 7.16. The molecule has 0 radical (unpaired) electrons. The summed E-state index contributed by atoms with van der Waals surface area (Å²) in [5, 5.41) is 0. The monoisotopic (exact) mass is 324 g/mol. The Labute approximate surface area is 138 Å². The maximum Gasteiger partial charge on any atom is 0.272 e. The van der Waals surface area contributed by atoms with Gasteiger partial charge in [0.25, 0.3) is 5.91 Å². The fourth-order valence-corrected chi connectivity index (χ4v) is 3.34. The highest BCUT2D eigenvalue weighted by atomic mass is 32.1. The van der Waals surface area contributed by atoms with E-state index in [1.165, 1.54) is 17.4 Å². The van der Waals surface area contributed by atoms with E-state index in [2.05, 4.69) is 4.99 Å². The Balaban J connectivity index is 1.96. The van der Waals surface area contributed by atoms with E-state index < -0.39 is 0 Å². The van der Waals surface area contributed by atoms with Crippen molar-refractivity contribution in [3.63, 3.8) is 0 Å². The maximum absolute atomic E-state index is 12.1. The molecule has 116 valence electrons. The van der Waals surface area contributed by atoms with Crippen LogP contribution in [-0.4, -0.2) is 17.6 Å². The lowest BCUT2D eigenvalue weighted by Gasteiger charge is -2.02. The first-order chi connectivity index (χ1) is 11.2. The van der Waals surface area contributed by atoms with Gasteiger partial charge in [0.15, 0.2) is 4.80 Å². The maximum atomic E-state index is 12.1. The van der Waals surface area contributed by atoms with Crippen molar-refractivity contribution in [2.75, 3.05) is 7.11 Å². The van der Waals surface area contributed by atoms with E-state index in [-0.39, 0.29) is 5.91 Å². The van der Waals surface area contributed by atoms with Crippen molar-refractivity contribution in [1.29, 1.82) is 0 Å². The molecule has 1 heterocycles. The van der Waals surface area contributed by atoms with Crippen molar-refractivity contribution in [2.24, 2.45) is 12.0 Å². The van der Waals surface area contributed by atoms with Crippen LogP contribution in [0.4, 0.5) is 0 Å². The minimum Gasteiger partial charge on any atom is -0.495 e. The second-order valence-electron chi connectivity index (χ2n) is 4.94. The van der Waals surface area contributed by atoms with Crippen LogP contribution in [0.5, 0.6) is 5.75 Å². The van der Waals surface area contributed by atoms with Crippen LogP contribution < -0.4 is 9.54 Å². The summed E-state index contributed by atoms with van der Waals surface area (Å²) < 4.78 is 8.29. The summed E-state index contributed by atoms with van der Waals surface area (Å²) in [5.41, 5.74) is 1.91. The van der Waals surface area contributed by atoms with E-state index in [0.717, 1.165) is 21.5 Å². The average Bonchev–Trinajstić information content (AvgIpc) is 2.90. The zero-order chi connectivity index (χ0) is 16.2. The minimum atomic E-state index is -0.282. The standard InChI is InChI=1S/C18H16N2O2S/c1-20-17-14(22-2)9-6-10-15(17)23-18(20)19-16(21)12-11-13-7-4-3-5-8-13/h3-12H,1-2H3/b12-11+,19-18?. The number of para-hydroxylation sites is 1. The smallest absolute Gasteiger partial charge is 0.272 e. The molecule has 0 spiro atoms. The molecule has 4 nitrogen and oxygen atoms in total. The van der Waals surface area contributed by atoms with Gasteiger partial charge in [-0.25, -0.2) is 0 Å². The molecule has 5 heteroatoms. The molecular weight excluding hydrogens is 308 g/mol. The normalized spacial score (nSPS) is 12.2. The summed E-state index contributed by atoms with van der Waals surface area (Å²) in [5.74, 6) is 0.491. The van der Waals surface area contributed by atoms with Gasteiger partial charge >= 0.3 is 0 Å². The number of amides is 1. The predicted octanol–water partition coefficient (Wildman–Crippen LogP) is 3.39. The molecule has 2 aromatic carbocycles. The average molecular weight is 324 g/mol. The zero-order valence-electron chi connectivity index (χ0n) is 12.9. The molecule has 0 aliphatic heterocycles. The van der Waals surface area contributed by atoms with Gasteiger partial charge < -0.3 is 9.30 Å². The number of rotatable bonds is 3. The third-order valence-corrected chi connectivity index (χ3v) is 4.53. The van der Waals surface area contributed by atoms with Crippen LogP contribution >= 0.6 is 11.3 Å². The van der Waals surface area contributed by atoms with Crippen LogP contribution in [0.25, 0.3) is 16.3 Å². The van der Waals surface area contributed by atoms with Crippen molar-refractivity contribution in [1.82, 2.24) is 4.57 Å². The summed E-state index contributed by atoms with van der Waals surface area (Å²) in [6.07, 6.45) is 3.25. The highest BCUT2D eigenvalue weighted by Crippen LogP contribution is 2.26. The number of hydrogen-bond donors (Lipinski definition) is 0. The number of thiazole rings is 1. The Bertz CT molecular complexity index is 937. The topological polar surface area (TPSA) is 43.6 Å². The number of ether oxygens (including phenoxy) is 1. The van der Waals surface area contributed by atoms with Crippen LogP contribution in [0.3, 0.4) is 0 Å². The zero-order valence-corrected chi connectivity index (χ0v) is 13.7. The number of hydrogen-bond acceptors (Lipinski definition) is 3. The number of aryl methyl sites for hydroxylation is 1. The fraction of sp³-hybridized carbons (Fsp3) is 0.111. The largest absolute Gasteiger partial charge is 0.495 e.